The van der Waals surface area contributed by atoms with Crippen molar-refractivity contribution >= 4 is 5.91 Å². The molecule has 138 valence electrons. The number of aromatic nitrogens is 5. The second kappa shape index (κ2) is 6.90. The summed E-state index contributed by atoms with van der Waals surface area (Å²) in [5.41, 5.74) is 2.27. The van der Waals surface area contributed by atoms with Crippen molar-refractivity contribution in [3.63, 3.8) is 0 Å². The molecule has 1 aliphatic heterocycles. The van der Waals surface area contributed by atoms with Crippen molar-refractivity contribution in [1.29, 1.82) is 0 Å². The van der Waals surface area contributed by atoms with Gasteiger partial charge in [-0.2, -0.15) is 0 Å². The van der Waals surface area contributed by atoms with Crippen LogP contribution in [0.5, 0.6) is 0 Å². The van der Waals surface area contributed by atoms with Gasteiger partial charge in [-0.25, -0.2) is 0 Å². The molecule has 0 fully saturated rings. The third-order valence-electron chi connectivity index (χ3n) is 4.82. The van der Waals surface area contributed by atoms with Gasteiger partial charge in [-0.05, 0) is 19.1 Å². The lowest BCUT2D eigenvalue weighted by Crippen LogP contribution is -2.40. The molecule has 0 spiro atoms. The molecular weight excluding hydrogens is 340 g/mol. The van der Waals surface area contributed by atoms with Gasteiger partial charge < -0.3 is 9.47 Å². The summed E-state index contributed by atoms with van der Waals surface area (Å²) >= 11 is 0. The van der Waals surface area contributed by atoms with Gasteiger partial charge in [-0.1, -0.05) is 26.0 Å². The van der Waals surface area contributed by atoms with Crippen molar-refractivity contribution in [2.75, 3.05) is 6.54 Å². The van der Waals surface area contributed by atoms with Gasteiger partial charge >= 0.3 is 0 Å². The van der Waals surface area contributed by atoms with E-state index in [-0.39, 0.29) is 11.9 Å². The molecule has 1 atom stereocenters. The van der Waals surface area contributed by atoms with Gasteiger partial charge in [0.25, 0.3) is 5.91 Å². The average Bonchev–Trinajstić information content (AvgIpc) is 3.13. The molecule has 7 heteroatoms. The molecule has 0 saturated heterocycles. The van der Waals surface area contributed by atoms with E-state index in [0.717, 1.165) is 22.9 Å². The highest BCUT2D eigenvalue weighted by atomic mass is 16.2. The summed E-state index contributed by atoms with van der Waals surface area (Å²) in [6.45, 7) is 7.43. The Labute approximate surface area is 158 Å². The maximum absolute atomic E-state index is 13.1. The Morgan fingerprint density at radius 2 is 2.07 bits per heavy atom. The molecule has 0 radical (unpaired) electrons. The Kier molecular flexibility index (Phi) is 4.43. The molecule has 1 aliphatic rings. The summed E-state index contributed by atoms with van der Waals surface area (Å²) in [5.74, 6) is 2.12. The average molecular weight is 362 g/mol. The van der Waals surface area contributed by atoms with E-state index >= 15 is 0 Å². The van der Waals surface area contributed by atoms with Crippen LogP contribution < -0.4 is 0 Å². The standard InChI is InChI=1S/C20H22N6O/c1-13(2)19-24-23-18-12-25(11-14(3)26(18)19)20(27)16-6-4-5-15(9-16)17-10-21-7-8-22-17/h4-10,13-14H,11-12H2,1-3H3/t14-/m0/s1. The molecular formula is C20H22N6O. The predicted molar refractivity (Wildman–Crippen MR) is 101 cm³/mol. The molecule has 3 aromatic rings. The van der Waals surface area contributed by atoms with Crippen molar-refractivity contribution in [1.82, 2.24) is 29.6 Å². The lowest BCUT2D eigenvalue weighted by molar-refractivity contribution is 0.0679. The van der Waals surface area contributed by atoms with Crippen molar-refractivity contribution in [2.45, 2.75) is 39.3 Å². The van der Waals surface area contributed by atoms with Crippen LogP contribution in [0.3, 0.4) is 0 Å². The van der Waals surface area contributed by atoms with Crippen LogP contribution in [0.1, 0.15) is 54.7 Å². The summed E-state index contributed by atoms with van der Waals surface area (Å²) in [6.07, 6.45) is 4.98. The minimum Gasteiger partial charge on any atom is -0.329 e. The number of amides is 1. The Hall–Kier alpha value is -3.09. The molecule has 0 saturated carbocycles. The van der Waals surface area contributed by atoms with Crippen LogP contribution in [-0.4, -0.2) is 42.1 Å². The first-order chi connectivity index (χ1) is 13.0. The maximum Gasteiger partial charge on any atom is 0.254 e. The zero-order valence-electron chi connectivity index (χ0n) is 15.7. The predicted octanol–water partition coefficient (Wildman–Crippen LogP) is 3.08. The van der Waals surface area contributed by atoms with Crippen molar-refractivity contribution < 1.29 is 4.79 Å². The molecule has 1 aromatic carbocycles. The van der Waals surface area contributed by atoms with Gasteiger partial charge in [-0.3, -0.25) is 14.8 Å². The van der Waals surface area contributed by atoms with Gasteiger partial charge in [-0.15, -0.1) is 10.2 Å². The first-order valence-electron chi connectivity index (χ1n) is 9.14. The topological polar surface area (TPSA) is 76.8 Å². The number of benzene rings is 1. The largest absolute Gasteiger partial charge is 0.329 e. The minimum atomic E-state index is -0.00654. The normalized spacial score (nSPS) is 16.4. The van der Waals surface area contributed by atoms with Gasteiger partial charge in [0.05, 0.1) is 24.5 Å². The van der Waals surface area contributed by atoms with Crippen molar-refractivity contribution in [3.05, 3.63) is 60.1 Å². The van der Waals surface area contributed by atoms with E-state index in [9.17, 15) is 4.79 Å². The number of carbonyl (C=O) groups is 1. The van der Waals surface area contributed by atoms with Gasteiger partial charge in [0.1, 0.15) is 5.82 Å². The van der Waals surface area contributed by atoms with Crippen LogP contribution in [0.2, 0.25) is 0 Å². The maximum atomic E-state index is 13.1. The third-order valence-corrected chi connectivity index (χ3v) is 4.82. The molecule has 0 unspecified atom stereocenters. The molecule has 0 bridgehead atoms. The van der Waals surface area contributed by atoms with Crippen LogP contribution >= 0.6 is 0 Å². The number of nitrogens with zero attached hydrogens (tertiary/aromatic N) is 6. The summed E-state index contributed by atoms with van der Waals surface area (Å²) in [4.78, 5) is 23.4. The Bertz CT molecular complexity index is 966. The van der Waals surface area contributed by atoms with Gasteiger partial charge in [0, 0.05) is 36.0 Å². The summed E-state index contributed by atoms with van der Waals surface area (Å²) in [7, 11) is 0. The van der Waals surface area contributed by atoms with Gasteiger partial charge in [0.2, 0.25) is 0 Å². The minimum absolute atomic E-state index is 0.00654. The van der Waals surface area contributed by atoms with Crippen LogP contribution in [0.4, 0.5) is 0 Å². The van der Waals surface area contributed by atoms with E-state index in [1.165, 1.54) is 0 Å². The van der Waals surface area contributed by atoms with Crippen LogP contribution in [0.15, 0.2) is 42.9 Å². The molecule has 3 heterocycles. The van der Waals surface area contributed by atoms with E-state index in [1.54, 1.807) is 18.6 Å². The highest BCUT2D eigenvalue weighted by Crippen LogP contribution is 2.26. The van der Waals surface area contributed by atoms with E-state index < -0.39 is 0 Å². The third kappa shape index (κ3) is 3.20. The lowest BCUT2D eigenvalue weighted by atomic mass is 10.1. The molecule has 0 N–H and O–H groups in total. The monoisotopic (exact) mass is 362 g/mol. The van der Waals surface area contributed by atoms with Crippen LogP contribution in [-0.2, 0) is 6.54 Å². The quantitative estimate of drug-likeness (QED) is 0.716. The lowest BCUT2D eigenvalue weighted by Gasteiger charge is -2.33. The zero-order chi connectivity index (χ0) is 19.0. The fourth-order valence-electron chi connectivity index (χ4n) is 3.55. The molecule has 1 amide bonds. The fraction of sp³-hybridized carbons (Fsp3) is 0.350. The number of hydrogen-bond donors (Lipinski definition) is 0. The van der Waals surface area contributed by atoms with Crippen molar-refractivity contribution in [3.8, 4) is 11.3 Å². The second-order valence-corrected chi connectivity index (χ2v) is 7.21. The Morgan fingerprint density at radius 3 is 2.81 bits per heavy atom. The number of carbonyl (C=O) groups excluding carboxylic acids is 1. The number of fused-ring (bicyclic) bond motifs is 1. The fourth-order valence-corrected chi connectivity index (χ4v) is 3.55. The summed E-state index contributed by atoms with van der Waals surface area (Å²) in [5, 5.41) is 8.65. The Morgan fingerprint density at radius 1 is 1.22 bits per heavy atom. The van der Waals surface area contributed by atoms with E-state index in [1.807, 2.05) is 29.2 Å². The second-order valence-electron chi connectivity index (χ2n) is 7.21. The molecule has 0 aliphatic carbocycles. The zero-order valence-corrected chi connectivity index (χ0v) is 15.7. The van der Waals surface area contributed by atoms with Crippen LogP contribution in [0, 0.1) is 0 Å². The summed E-state index contributed by atoms with van der Waals surface area (Å²) in [6, 6.07) is 7.67. The van der Waals surface area contributed by atoms with E-state index in [0.29, 0.717) is 24.6 Å². The van der Waals surface area contributed by atoms with Gasteiger partial charge in [0.15, 0.2) is 5.82 Å². The molecule has 2 aromatic heterocycles. The van der Waals surface area contributed by atoms with E-state index in [2.05, 4.69) is 45.5 Å². The first-order valence-corrected chi connectivity index (χ1v) is 9.14. The first kappa shape index (κ1) is 17.3. The Balaban J connectivity index is 1.61. The highest BCUT2D eigenvalue weighted by molar-refractivity contribution is 5.95. The molecule has 7 nitrogen and oxygen atoms in total. The smallest absolute Gasteiger partial charge is 0.254 e. The van der Waals surface area contributed by atoms with E-state index in [4.69, 9.17) is 0 Å². The molecule has 4 rings (SSSR count). The van der Waals surface area contributed by atoms with Crippen LogP contribution in [0.25, 0.3) is 11.3 Å². The number of rotatable bonds is 3. The SMILES string of the molecule is CC(C)c1nnc2n1[C@@H](C)CN(C(=O)c1cccc(-c3cnccn3)c1)C2. The summed E-state index contributed by atoms with van der Waals surface area (Å²) < 4.78 is 2.17. The number of hydrogen-bond acceptors (Lipinski definition) is 5. The molecule has 27 heavy (non-hydrogen) atoms. The highest BCUT2D eigenvalue weighted by Gasteiger charge is 2.30. The van der Waals surface area contributed by atoms with Crippen molar-refractivity contribution in [2.24, 2.45) is 0 Å².